The number of benzene rings is 1. The summed E-state index contributed by atoms with van der Waals surface area (Å²) in [6.45, 7) is 8.19. The van der Waals surface area contributed by atoms with Crippen LogP contribution in [-0.4, -0.2) is 42.1 Å². The van der Waals surface area contributed by atoms with Gasteiger partial charge in [-0.2, -0.15) is 0 Å². The lowest BCUT2D eigenvalue weighted by molar-refractivity contribution is 0.0824. The third-order valence-electron chi connectivity index (χ3n) is 5.23. The van der Waals surface area contributed by atoms with E-state index in [2.05, 4.69) is 24.5 Å². The van der Waals surface area contributed by atoms with Crippen LogP contribution in [-0.2, 0) is 0 Å². The van der Waals surface area contributed by atoms with Gasteiger partial charge in [0.25, 0.3) is 16.8 Å². The van der Waals surface area contributed by atoms with Crippen LogP contribution in [0.1, 0.15) is 63.7 Å². The van der Waals surface area contributed by atoms with Gasteiger partial charge in [-0.25, -0.2) is 0 Å². The van der Waals surface area contributed by atoms with Crippen LogP contribution in [0.3, 0.4) is 0 Å². The molecule has 8 heteroatoms. The van der Waals surface area contributed by atoms with Crippen LogP contribution in [0.4, 0.5) is 17.1 Å². The zero-order valence-electron chi connectivity index (χ0n) is 19.4. The largest absolute Gasteiger partial charge is 0.505 e. The molecule has 0 fully saturated rings. The lowest BCUT2D eigenvalue weighted by Crippen LogP contribution is -2.38. The monoisotopic (exact) mass is 432 g/mol. The first-order valence-electron chi connectivity index (χ1n) is 10.8. The van der Waals surface area contributed by atoms with Gasteiger partial charge in [-0.1, -0.05) is 33.8 Å². The highest BCUT2D eigenvalue weighted by atomic mass is 16.3. The molecule has 0 saturated heterocycles. The van der Waals surface area contributed by atoms with Gasteiger partial charge in [-0.05, 0) is 37.8 Å². The number of nitrogens with zero attached hydrogens (tertiary/aromatic N) is 1. The Morgan fingerprint density at radius 2 is 1.55 bits per heavy atom. The quantitative estimate of drug-likeness (QED) is 0.354. The highest BCUT2D eigenvalue weighted by Crippen LogP contribution is 2.32. The van der Waals surface area contributed by atoms with Crippen molar-refractivity contribution in [1.29, 1.82) is 0 Å². The van der Waals surface area contributed by atoms with Gasteiger partial charge >= 0.3 is 0 Å². The van der Waals surface area contributed by atoms with E-state index in [-0.39, 0.29) is 40.3 Å². The predicted molar refractivity (Wildman–Crippen MR) is 127 cm³/mol. The summed E-state index contributed by atoms with van der Waals surface area (Å²) in [4.78, 5) is 37.2. The van der Waals surface area contributed by atoms with Gasteiger partial charge in [0, 0.05) is 26.2 Å². The van der Waals surface area contributed by atoms with E-state index in [4.69, 9.17) is 5.73 Å². The van der Waals surface area contributed by atoms with Crippen molar-refractivity contribution in [2.24, 2.45) is 5.73 Å². The van der Waals surface area contributed by atoms with Gasteiger partial charge in [0.2, 0.25) is 0 Å². The Labute approximate surface area is 184 Å². The van der Waals surface area contributed by atoms with Crippen LogP contribution in [0.2, 0.25) is 0 Å². The van der Waals surface area contributed by atoms with Gasteiger partial charge in [0.1, 0.15) is 11.4 Å². The molecule has 8 nitrogen and oxygen atoms in total. The molecule has 0 saturated carbocycles. The number of hydrogen-bond acceptors (Lipinski definition) is 7. The number of carbonyl (C=O) groups is 1. The Bertz CT molecular complexity index is 924. The van der Waals surface area contributed by atoms with Crippen molar-refractivity contribution < 1.29 is 9.90 Å². The van der Waals surface area contributed by atoms with Crippen molar-refractivity contribution in [3.8, 4) is 5.75 Å². The predicted octanol–water partition coefficient (Wildman–Crippen LogP) is 3.17. The first-order valence-corrected chi connectivity index (χ1v) is 10.8. The topological polar surface area (TPSA) is 125 Å². The van der Waals surface area contributed by atoms with E-state index in [0.717, 1.165) is 25.7 Å². The summed E-state index contributed by atoms with van der Waals surface area (Å²) in [6.07, 6.45) is 3.84. The summed E-state index contributed by atoms with van der Waals surface area (Å²) in [6, 6.07) is 5.15. The lowest BCUT2D eigenvalue weighted by atomic mass is 10.1. The third-order valence-corrected chi connectivity index (χ3v) is 5.23. The maximum Gasteiger partial charge on any atom is 0.257 e. The Hall–Kier alpha value is -2.87. The number of amides is 1. The molecular weight excluding hydrogens is 396 g/mol. The number of nitrogens with two attached hydrogens (primary N) is 1. The van der Waals surface area contributed by atoms with Crippen LogP contribution < -0.4 is 27.2 Å². The maximum absolute atomic E-state index is 12.1. The van der Waals surface area contributed by atoms with Gasteiger partial charge in [-0.15, -0.1) is 0 Å². The summed E-state index contributed by atoms with van der Waals surface area (Å²) >= 11 is 0. The van der Waals surface area contributed by atoms with E-state index in [1.165, 1.54) is 11.0 Å². The zero-order valence-corrected chi connectivity index (χ0v) is 19.4. The Morgan fingerprint density at radius 3 is 2.00 bits per heavy atom. The standard InChI is InChI=1S/C18H23N3O4.C5H13N/c1-5-10(6-2)19-13-14(17(24)16(13)23)20-12-9-7-8-11(15(12)22)18(25)21(3)4;1-3-5(6)4-2/h7-10,19-20,22H,5-6H2,1-4H3;5H,3-4,6H2,1-2H3. The van der Waals surface area contributed by atoms with Crippen molar-refractivity contribution >= 4 is 23.0 Å². The molecule has 5 N–H and O–H groups in total. The molecule has 2 aromatic carbocycles. The molecule has 2 aromatic rings. The average molecular weight is 433 g/mol. The van der Waals surface area contributed by atoms with Gasteiger partial charge in [-0.3, -0.25) is 14.4 Å². The number of carbonyl (C=O) groups excluding carboxylic acids is 1. The van der Waals surface area contributed by atoms with Crippen molar-refractivity contribution in [3.05, 3.63) is 44.2 Å². The molecule has 0 atom stereocenters. The Balaban J connectivity index is 0.000000703. The fourth-order valence-electron chi connectivity index (χ4n) is 2.83. The summed E-state index contributed by atoms with van der Waals surface area (Å²) in [7, 11) is 3.16. The summed E-state index contributed by atoms with van der Waals surface area (Å²) < 4.78 is 0. The number of para-hydroxylation sites is 1. The van der Waals surface area contributed by atoms with Crippen LogP contribution >= 0.6 is 0 Å². The number of aromatic hydroxyl groups is 1. The van der Waals surface area contributed by atoms with Crippen LogP contribution in [0.15, 0.2) is 27.8 Å². The molecule has 0 aliphatic heterocycles. The molecule has 0 radical (unpaired) electrons. The molecule has 0 heterocycles. The van der Waals surface area contributed by atoms with E-state index < -0.39 is 10.9 Å². The number of phenols is 1. The van der Waals surface area contributed by atoms with E-state index >= 15 is 0 Å². The highest BCUT2D eigenvalue weighted by molar-refractivity contribution is 5.99. The number of rotatable bonds is 9. The van der Waals surface area contributed by atoms with Crippen molar-refractivity contribution in [2.75, 3.05) is 24.7 Å². The molecule has 0 aliphatic rings. The highest BCUT2D eigenvalue weighted by Gasteiger charge is 2.24. The molecule has 0 bridgehead atoms. The normalized spacial score (nSPS) is 10.7. The summed E-state index contributed by atoms with van der Waals surface area (Å²) in [5, 5.41) is 16.2. The van der Waals surface area contributed by atoms with E-state index in [0.29, 0.717) is 6.04 Å². The number of nitrogens with one attached hydrogen (secondary N) is 2. The van der Waals surface area contributed by atoms with Crippen molar-refractivity contribution in [3.63, 3.8) is 0 Å². The van der Waals surface area contributed by atoms with Gasteiger partial charge < -0.3 is 26.4 Å². The SMILES string of the molecule is CCC(CC)Nc1c(Nc2cccc(C(=O)N(C)C)c2O)c(=O)c1=O.CCC(N)CC. The number of anilines is 3. The second-order valence-corrected chi connectivity index (χ2v) is 7.67. The Morgan fingerprint density at radius 1 is 1.00 bits per heavy atom. The first-order chi connectivity index (χ1) is 14.6. The van der Waals surface area contributed by atoms with Gasteiger partial charge in [0.15, 0.2) is 5.75 Å². The van der Waals surface area contributed by atoms with Crippen LogP contribution in [0.25, 0.3) is 0 Å². The number of hydrogen-bond donors (Lipinski definition) is 4. The lowest BCUT2D eigenvalue weighted by Gasteiger charge is -2.21. The van der Waals surface area contributed by atoms with Crippen molar-refractivity contribution in [1.82, 2.24) is 4.90 Å². The van der Waals surface area contributed by atoms with Crippen LogP contribution in [0.5, 0.6) is 5.75 Å². The molecule has 0 spiro atoms. The average Bonchev–Trinajstić information content (AvgIpc) is 2.78. The molecular formula is C23H36N4O4. The number of phenolic OH excluding ortho intramolecular Hbond substituents is 1. The molecule has 1 amide bonds. The maximum atomic E-state index is 12.1. The van der Waals surface area contributed by atoms with E-state index in [1.54, 1.807) is 26.2 Å². The van der Waals surface area contributed by atoms with Crippen LogP contribution in [0, 0.1) is 0 Å². The third kappa shape index (κ3) is 6.55. The Kier molecular flexibility index (Phi) is 10.2. The molecule has 0 aliphatic carbocycles. The second kappa shape index (κ2) is 12.1. The zero-order chi connectivity index (χ0) is 23.7. The summed E-state index contributed by atoms with van der Waals surface area (Å²) in [5.41, 5.74) is 4.91. The van der Waals surface area contributed by atoms with E-state index in [1.807, 2.05) is 13.8 Å². The fourth-order valence-corrected chi connectivity index (χ4v) is 2.83. The fraction of sp³-hybridized carbons (Fsp3) is 0.522. The minimum atomic E-state index is -0.641. The molecule has 0 aromatic heterocycles. The first kappa shape index (κ1) is 26.2. The molecule has 31 heavy (non-hydrogen) atoms. The summed E-state index contributed by atoms with van der Waals surface area (Å²) in [5.74, 6) is -0.621. The smallest absolute Gasteiger partial charge is 0.257 e. The van der Waals surface area contributed by atoms with Crippen molar-refractivity contribution in [2.45, 2.75) is 65.5 Å². The van der Waals surface area contributed by atoms with Gasteiger partial charge in [0.05, 0.1) is 11.3 Å². The molecule has 172 valence electrons. The molecule has 2 rings (SSSR count). The minimum absolute atomic E-state index is 0.0825. The molecule has 0 unspecified atom stereocenters. The second-order valence-electron chi connectivity index (χ2n) is 7.67. The van der Waals surface area contributed by atoms with E-state index in [9.17, 15) is 19.5 Å². The minimum Gasteiger partial charge on any atom is -0.505 e.